The zero-order valence-corrected chi connectivity index (χ0v) is 15.5. The van der Waals surface area contributed by atoms with Gasteiger partial charge in [-0.3, -0.25) is 4.79 Å². The molecule has 1 heterocycles. The van der Waals surface area contributed by atoms with E-state index in [9.17, 15) is 14.0 Å². The van der Waals surface area contributed by atoms with Gasteiger partial charge in [-0.05, 0) is 48.5 Å². The summed E-state index contributed by atoms with van der Waals surface area (Å²) in [6.45, 7) is 6.48. The van der Waals surface area contributed by atoms with Crippen molar-refractivity contribution in [1.29, 1.82) is 0 Å². The van der Waals surface area contributed by atoms with Gasteiger partial charge in [-0.25, -0.2) is 9.18 Å². The van der Waals surface area contributed by atoms with Gasteiger partial charge < -0.3 is 20.4 Å². The predicted molar refractivity (Wildman–Crippen MR) is 108 cm³/mol. The second-order valence-electron chi connectivity index (χ2n) is 6.46. The molecule has 0 bridgehead atoms. The van der Waals surface area contributed by atoms with Crippen LogP contribution in [0.2, 0.25) is 0 Å². The van der Waals surface area contributed by atoms with Crippen molar-refractivity contribution < 1.29 is 14.0 Å². The SMILES string of the molecule is C=CCNC(=O)c1ccc(NC(=O)N2CCN(c3ccc(F)cc3)CC2)cc1. The van der Waals surface area contributed by atoms with E-state index in [2.05, 4.69) is 22.1 Å². The van der Waals surface area contributed by atoms with Gasteiger partial charge in [0.2, 0.25) is 0 Å². The van der Waals surface area contributed by atoms with Crippen LogP contribution in [0.4, 0.5) is 20.6 Å². The second-order valence-corrected chi connectivity index (χ2v) is 6.46. The molecule has 0 unspecified atom stereocenters. The standard InChI is InChI=1S/C21H23FN4O2/c1-2-11-23-20(27)16-3-7-18(8-4-16)24-21(28)26-14-12-25(13-15-26)19-9-5-17(22)6-10-19/h2-10H,1,11-15H2,(H,23,27)(H,24,28). The van der Waals surface area contributed by atoms with Gasteiger partial charge in [-0.1, -0.05) is 6.08 Å². The lowest BCUT2D eigenvalue weighted by Crippen LogP contribution is -2.50. The molecule has 0 aliphatic carbocycles. The van der Waals surface area contributed by atoms with Crippen LogP contribution < -0.4 is 15.5 Å². The van der Waals surface area contributed by atoms with Gasteiger partial charge >= 0.3 is 6.03 Å². The molecule has 2 N–H and O–H groups in total. The minimum atomic E-state index is -0.258. The maximum Gasteiger partial charge on any atom is 0.321 e. The molecule has 2 aromatic carbocycles. The summed E-state index contributed by atoms with van der Waals surface area (Å²) in [6.07, 6.45) is 1.61. The summed E-state index contributed by atoms with van der Waals surface area (Å²) in [6, 6.07) is 12.9. The fraction of sp³-hybridized carbons (Fsp3) is 0.238. The number of benzene rings is 2. The van der Waals surface area contributed by atoms with Crippen molar-refractivity contribution >= 4 is 23.3 Å². The lowest BCUT2D eigenvalue weighted by atomic mass is 10.2. The number of rotatable bonds is 5. The first kappa shape index (κ1) is 19.4. The predicted octanol–water partition coefficient (Wildman–Crippen LogP) is 3.10. The molecule has 1 fully saturated rings. The van der Waals surface area contributed by atoms with Crippen LogP contribution in [0.15, 0.2) is 61.2 Å². The van der Waals surface area contributed by atoms with Crippen molar-refractivity contribution in [1.82, 2.24) is 10.2 Å². The monoisotopic (exact) mass is 382 g/mol. The Bertz CT molecular complexity index is 828. The summed E-state index contributed by atoms with van der Waals surface area (Å²) in [4.78, 5) is 28.2. The smallest absolute Gasteiger partial charge is 0.321 e. The molecule has 0 radical (unpaired) electrons. The summed E-state index contributed by atoms with van der Waals surface area (Å²) in [5, 5.41) is 5.56. The molecule has 1 aliphatic heterocycles. The number of halogens is 1. The van der Waals surface area contributed by atoms with Crippen molar-refractivity contribution in [3.8, 4) is 0 Å². The highest BCUT2D eigenvalue weighted by atomic mass is 19.1. The third-order valence-electron chi connectivity index (χ3n) is 4.56. The van der Waals surface area contributed by atoms with E-state index in [1.54, 1.807) is 47.4 Å². The number of anilines is 2. The third kappa shape index (κ3) is 4.88. The molecule has 28 heavy (non-hydrogen) atoms. The minimum Gasteiger partial charge on any atom is -0.368 e. The Morgan fingerprint density at radius 1 is 1.00 bits per heavy atom. The quantitative estimate of drug-likeness (QED) is 0.781. The number of carbonyl (C=O) groups excluding carboxylic acids is 2. The van der Waals surface area contributed by atoms with Crippen molar-refractivity contribution in [2.75, 3.05) is 42.9 Å². The summed E-state index contributed by atoms with van der Waals surface area (Å²) in [7, 11) is 0. The summed E-state index contributed by atoms with van der Waals surface area (Å²) in [5.74, 6) is -0.444. The Kier molecular flexibility index (Phi) is 6.26. The van der Waals surface area contributed by atoms with E-state index in [-0.39, 0.29) is 17.8 Å². The summed E-state index contributed by atoms with van der Waals surface area (Å²) in [5.41, 5.74) is 2.10. The summed E-state index contributed by atoms with van der Waals surface area (Å²) < 4.78 is 13.0. The van der Waals surface area contributed by atoms with Crippen LogP contribution in [0.25, 0.3) is 0 Å². The normalized spacial score (nSPS) is 13.8. The van der Waals surface area contributed by atoms with Crippen LogP contribution in [-0.4, -0.2) is 49.6 Å². The number of hydrogen-bond acceptors (Lipinski definition) is 3. The van der Waals surface area contributed by atoms with Gasteiger partial charge in [0.25, 0.3) is 5.91 Å². The van der Waals surface area contributed by atoms with E-state index in [0.29, 0.717) is 44.0 Å². The zero-order chi connectivity index (χ0) is 19.9. The van der Waals surface area contributed by atoms with Gasteiger partial charge in [-0.2, -0.15) is 0 Å². The van der Waals surface area contributed by atoms with Crippen LogP contribution in [0.1, 0.15) is 10.4 Å². The van der Waals surface area contributed by atoms with Gasteiger partial charge in [0.1, 0.15) is 5.82 Å². The molecule has 7 heteroatoms. The highest BCUT2D eigenvalue weighted by Gasteiger charge is 2.21. The number of nitrogens with zero attached hydrogens (tertiary/aromatic N) is 2. The average Bonchev–Trinajstić information content (AvgIpc) is 2.73. The molecule has 1 saturated heterocycles. The zero-order valence-electron chi connectivity index (χ0n) is 15.5. The molecule has 0 aromatic heterocycles. The van der Waals surface area contributed by atoms with E-state index < -0.39 is 0 Å². The topological polar surface area (TPSA) is 64.7 Å². The van der Waals surface area contributed by atoms with Crippen molar-refractivity contribution in [2.24, 2.45) is 0 Å². The van der Waals surface area contributed by atoms with Crippen LogP contribution in [0.3, 0.4) is 0 Å². The van der Waals surface area contributed by atoms with E-state index >= 15 is 0 Å². The van der Waals surface area contributed by atoms with Crippen molar-refractivity contribution in [3.05, 3.63) is 72.6 Å². The molecule has 3 amide bonds. The molecule has 6 nitrogen and oxygen atoms in total. The van der Waals surface area contributed by atoms with Crippen LogP contribution >= 0.6 is 0 Å². The molecule has 2 aromatic rings. The Labute approximate surface area is 163 Å². The van der Waals surface area contributed by atoms with Gasteiger partial charge in [0.05, 0.1) is 0 Å². The van der Waals surface area contributed by atoms with E-state index in [1.165, 1.54) is 12.1 Å². The average molecular weight is 382 g/mol. The van der Waals surface area contributed by atoms with Gasteiger partial charge in [0, 0.05) is 49.7 Å². The molecule has 3 rings (SSSR count). The lowest BCUT2D eigenvalue weighted by molar-refractivity contribution is 0.0958. The molecule has 0 atom stereocenters. The molecule has 1 aliphatic rings. The van der Waals surface area contributed by atoms with Crippen molar-refractivity contribution in [2.45, 2.75) is 0 Å². The minimum absolute atomic E-state index is 0.178. The Hall–Kier alpha value is -3.35. The Morgan fingerprint density at radius 3 is 2.25 bits per heavy atom. The second kappa shape index (κ2) is 9.03. The number of nitrogens with one attached hydrogen (secondary N) is 2. The van der Waals surface area contributed by atoms with Crippen LogP contribution in [-0.2, 0) is 0 Å². The van der Waals surface area contributed by atoms with Crippen LogP contribution in [0.5, 0.6) is 0 Å². The van der Waals surface area contributed by atoms with Crippen molar-refractivity contribution in [3.63, 3.8) is 0 Å². The maximum absolute atomic E-state index is 13.0. The van der Waals surface area contributed by atoms with E-state index in [4.69, 9.17) is 0 Å². The van der Waals surface area contributed by atoms with Gasteiger partial charge in [0.15, 0.2) is 0 Å². The first-order chi connectivity index (χ1) is 13.6. The Morgan fingerprint density at radius 2 is 1.64 bits per heavy atom. The van der Waals surface area contributed by atoms with Gasteiger partial charge in [-0.15, -0.1) is 6.58 Å². The number of hydrogen-bond donors (Lipinski definition) is 2. The highest BCUT2D eigenvalue weighted by Crippen LogP contribution is 2.17. The number of urea groups is 1. The first-order valence-corrected chi connectivity index (χ1v) is 9.12. The molecule has 146 valence electrons. The largest absolute Gasteiger partial charge is 0.368 e. The first-order valence-electron chi connectivity index (χ1n) is 9.12. The number of carbonyl (C=O) groups is 2. The Balaban J connectivity index is 1.51. The highest BCUT2D eigenvalue weighted by molar-refractivity contribution is 5.95. The number of amides is 3. The summed E-state index contributed by atoms with van der Waals surface area (Å²) >= 11 is 0. The fourth-order valence-electron chi connectivity index (χ4n) is 2.99. The van der Waals surface area contributed by atoms with Crippen LogP contribution in [0, 0.1) is 5.82 Å². The lowest BCUT2D eigenvalue weighted by Gasteiger charge is -2.36. The third-order valence-corrected chi connectivity index (χ3v) is 4.56. The molecular formula is C21H23FN4O2. The molecular weight excluding hydrogens is 359 g/mol. The maximum atomic E-state index is 13.0. The fourth-order valence-corrected chi connectivity index (χ4v) is 2.99. The van der Waals surface area contributed by atoms with E-state index in [0.717, 1.165) is 5.69 Å². The molecule has 0 saturated carbocycles. The molecule has 0 spiro atoms. The van der Waals surface area contributed by atoms with E-state index in [1.807, 2.05) is 0 Å². The number of piperazine rings is 1.